The molecule has 2 fully saturated rings. The van der Waals surface area contributed by atoms with Gasteiger partial charge in [0.05, 0.1) is 0 Å². The normalized spacial score (nSPS) is 27.3. The molecule has 6 heteroatoms. The molecule has 2 rings (SSSR count). The Kier molecular flexibility index (Phi) is 11.0. The van der Waals surface area contributed by atoms with Crippen LogP contribution in [0.15, 0.2) is 0 Å². The Balaban J connectivity index is 0.000000220. The van der Waals surface area contributed by atoms with Gasteiger partial charge in [-0.15, -0.1) is 0 Å². The second-order valence-electron chi connectivity index (χ2n) is 5.64. The summed E-state index contributed by atoms with van der Waals surface area (Å²) in [4.78, 5) is 0. The largest absolute Gasteiger partial charge is 0.368 e. The molecule has 2 aliphatic rings. The predicted molar refractivity (Wildman–Crippen MR) is 81.9 cm³/mol. The van der Waals surface area contributed by atoms with Gasteiger partial charge in [-0.05, 0) is 25.7 Å². The molecule has 0 radical (unpaired) electrons. The summed E-state index contributed by atoms with van der Waals surface area (Å²) in [7, 11) is 0. The summed E-state index contributed by atoms with van der Waals surface area (Å²) in [6.45, 7) is 5.57. The van der Waals surface area contributed by atoms with Crippen molar-refractivity contribution in [3.63, 3.8) is 0 Å². The summed E-state index contributed by atoms with van der Waals surface area (Å²) >= 11 is 0. The van der Waals surface area contributed by atoms with Crippen LogP contribution in [0, 0.1) is 0 Å². The van der Waals surface area contributed by atoms with E-state index in [9.17, 15) is 10.2 Å². The van der Waals surface area contributed by atoms with Crippen molar-refractivity contribution >= 4 is 0 Å². The summed E-state index contributed by atoms with van der Waals surface area (Å²) in [5.41, 5.74) is 0. The molecular weight excluding hydrogens is 288 g/mol. The van der Waals surface area contributed by atoms with E-state index in [-0.39, 0.29) is 12.6 Å². The smallest absolute Gasteiger partial charge is 0.160 e. The van der Waals surface area contributed by atoms with Crippen LogP contribution in [0.25, 0.3) is 0 Å². The lowest BCUT2D eigenvalue weighted by Gasteiger charge is -2.15. The lowest BCUT2D eigenvalue weighted by atomic mass is 10.3. The van der Waals surface area contributed by atoms with Crippen LogP contribution in [0.2, 0.25) is 0 Å². The van der Waals surface area contributed by atoms with E-state index in [1.54, 1.807) is 0 Å². The van der Waals surface area contributed by atoms with Crippen molar-refractivity contribution < 1.29 is 29.2 Å². The first-order valence-corrected chi connectivity index (χ1v) is 8.56. The fourth-order valence-electron chi connectivity index (χ4n) is 2.29. The summed E-state index contributed by atoms with van der Waals surface area (Å²) in [5.74, 6) is 0. The van der Waals surface area contributed by atoms with Crippen molar-refractivity contribution in [2.75, 3.05) is 13.2 Å². The van der Waals surface area contributed by atoms with Crippen molar-refractivity contribution in [2.45, 2.75) is 90.4 Å². The topological polar surface area (TPSA) is 77.4 Å². The van der Waals surface area contributed by atoms with E-state index in [1.807, 2.05) is 13.8 Å². The van der Waals surface area contributed by atoms with Gasteiger partial charge in [0.2, 0.25) is 0 Å². The van der Waals surface area contributed by atoms with E-state index >= 15 is 0 Å². The number of aliphatic hydroxyl groups excluding tert-OH is 2. The summed E-state index contributed by atoms with van der Waals surface area (Å²) < 4.78 is 20.7. The molecule has 6 nitrogen and oxygen atoms in total. The molecule has 0 bridgehead atoms. The minimum absolute atomic E-state index is 0.156. The molecule has 2 heterocycles. The monoisotopic (exact) mass is 320 g/mol. The number of hydrogen-bond acceptors (Lipinski definition) is 6. The second-order valence-corrected chi connectivity index (χ2v) is 5.64. The highest BCUT2D eigenvalue weighted by Gasteiger charge is 2.19. The lowest BCUT2D eigenvalue weighted by molar-refractivity contribution is -0.213. The minimum Gasteiger partial charge on any atom is -0.368 e. The zero-order valence-corrected chi connectivity index (χ0v) is 13.9. The number of rotatable bonds is 8. The highest BCUT2D eigenvalue weighted by Crippen LogP contribution is 2.16. The van der Waals surface area contributed by atoms with Gasteiger partial charge in [-0.3, -0.25) is 0 Å². The van der Waals surface area contributed by atoms with Crippen LogP contribution >= 0.6 is 0 Å². The van der Waals surface area contributed by atoms with Gasteiger partial charge in [-0.25, -0.2) is 0 Å². The third kappa shape index (κ3) is 9.02. The highest BCUT2D eigenvalue weighted by atomic mass is 16.7. The zero-order chi connectivity index (χ0) is 16.2. The van der Waals surface area contributed by atoms with E-state index < -0.39 is 12.6 Å². The molecule has 0 saturated carbocycles. The maximum atomic E-state index is 9.21. The third-order valence-corrected chi connectivity index (χ3v) is 3.46. The van der Waals surface area contributed by atoms with Crippen molar-refractivity contribution in [3.8, 4) is 0 Å². The lowest BCUT2D eigenvalue weighted by Crippen LogP contribution is -2.20. The van der Waals surface area contributed by atoms with E-state index in [0.717, 1.165) is 51.7 Å². The van der Waals surface area contributed by atoms with Crippen molar-refractivity contribution in [1.82, 2.24) is 0 Å². The van der Waals surface area contributed by atoms with Crippen LogP contribution in [0.1, 0.15) is 65.2 Å². The summed E-state index contributed by atoms with van der Waals surface area (Å²) in [6.07, 6.45) is 5.61. The average Bonchev–Trinajstić information content (AvgIpc) is 3.13. The summed E-state index contributed by atoms with van der Waals surface area (Å²) in [5, 5.41) is 18.4. The summed E-state index contributed by atoms with van der Waals surface area (Å²) in [6, 6.07) is 0. The standard InChI is InChI=1S/2C8H16O3/c2*1-2-4-7(9)11-8-5-3-6-10-8/h2*7-9H,2-6H2,1H3. The van der Waals surface area contributed by atoms with E-state index in [0.29, 0.717) is 12.8 Å². The predicted octanol–water partition coefficient (Wildman–Crippen LogP) is 2.52. The van der Waals surface area contributed by atoms with Crippen molar-refractivity contribution in [1.29, 1.82) is 0 Å². The van der Waals surface area contributed by atoms with Gasteiger partial charge >= 0.3 is 0 Å². The first kappa shape index (κ1) is 19.8. The Morgan fingerprint density at radius 3 is 1.55 bits per heavy atom. The van der Waals surface area contributed by atoms with Crippen LogP contribution in [-0.2, 0) is 18.9 Å². The number of aliphatic hydroxyl groups is 2. The molecule has 0 aromatic carbocycles. The maximum Gasteiger partial charge on any atom is 0.160 e. The Labute approximate surface area is 133 Å². The Morgan fingerprint density at radius 1 is 0.864 bits per heavy atom. The van der Waals surface area contributed by atoms with E-state index in [4.69, 9.17) is 18.9 Å². The molecule has 22 heavy (non-hydrogen) atoms. The first-order valence-electron chi connectivity index (χ1n) is 8.56. The van der Waals surface area contributed by atoms with Crippen LogP contribution in [0.4, 0.5) is 0 Å². The molecule has 2 N–H and O–H groups in total. The van der Waals surface area contributed by atoms with Crippen LogP contribution < -0.4 is 0 Å². The molecule has 4 unspecified atom stereocenters. The zero-order valence-electron chi connectivity index (χ0n) is 13.9. The van der Waals surface area contributed by atoms with Gasteiger partial charge in [0.1, 0.15) is 0 Å². The third-order valence-electron chi connectivity index (χ3n) is 3.46. The molecular formula is C16H32O6. The van der Waals surface area contributed by atoms with E-state index in [2.05, 4.69) is 0 Å². The first-order chi connectivity index (χ1) is 10.7. The van der Waals surface area contributed by atoms with Crippen LogP contribution in [0.5, 0.6) is 0 Å². The van der Waals surface area contributed by atoms with Gasteiger partial charge in [0, 0.05) is 26.1 Å². The molecule has 0 aromatic heterocycles. The molecule has 0 spiro atoms. The molecule has 2 aliphatic heterocycles. The van der Waals surface area contributed by atoms with Gasteiger partial charge in [0.25, 0.3) is 0 Å². The second kappa shape index (κ2) is 12.2. The molecule has 132 valence electrons. The van der Waals surface area contributed by atoms with Crippen molar-refractivity contribution in [2.24, 2.45) is 0 Å². The number of hydrogen-bond donors (Lipinski definition) is 2. The van der Waals surface area contributed by atoms with Gasteiger partial charge in [0.15, 0.2) is 25.2 Å². The Hall–Kier alpha value is -0.240. The fourth-order valence-corrected chi connectivity index (χ4v) is 2.29. The molecule has 2 saturated heterocycles. The van der Waals surface area contributed by atoms with Crippen molar-refractivity contribution in [3.05, 3.63) is 0 Å². The SMILES string of the molecule is CCCC(O)OC1CCCO1.CCCC(O)OC1CCCO1. The van der Waals surface area contributed by atoms with E-state index in [1.165, 1.54) is 0 Å². The average molecular weight is 320 g/mol. The molecule has 0 aromatic rings. The van der Waals surface area contributed by atoms with Gasteiger partial charge in [-0.1, -0.05) is 26.7 Å². The quantitative estimate of drug-likeness (QED) is 0.669. The molecule has 4 atom stereocenters. The minimum atomic E-state index is -0.636. The molecule has 0 amide bonds. The highest BCUT2D eigenvalue weighted by molar-refractivity contribution is 4.56. The van der Waals surface area contributed by atoms with Crippen LogP contribution in [-0.4, -0.2) is 48.6 Å². The van der Waals surface area contributed by atoms with Gasteiger partial charge in [-0.2, -0.15) is 0 Å². The van der Waals surface area contributed by atoms with Gasteiger partial charge < -0.3 is 29.2 Å². The maximum absolute atomic E-state index is 9.21. The fraction of sp³-hybridized carbons (Fsp3) is 1.00. The van der Waals surface area contributed by atoms with Crippen LogP contribution in [0.3, 0.4) is 0 Å². The molecule has 0 aliphatic carbocycles. The Morgan fingerprint density at radius 2 is 1.27 bits per heavy atom. The Bertz CT molecular complexity index is 225. The number of ether oxygens (including phenoxy) is 4.